The molecule has 0 aromatic rings. The third kappa shape index (κ3) is 4.45. The lowest BCUT2D eigenvalue weighted by molar-refractivity contribution is -0.131. The molecule has 1 amide bonds. The summed E-state index contributed by atoms with van der Waals surface area (Å²) in [6, 6.07) is 0.157. The largest absolute Gasteiger partial charge is 0.339 e. The SMILES string of the molecule is CC(C)[C@H]1CC[C@@H](C)CCN1C(=O)CS(=O)(=O)N(C)C. The number of carbonyl (C=O) groups is 1. The van der Waals surface area contributed by atoms with Crippen molar-refractivity contribution in [2.75, 3.05) is 26.4 Å². The third-order valence-corrected chi connectivity index (χ3v) is 5.89. The van der Waals surface area contributed by atoms with Gasteiger partial charge in [-0.15, -0.1) is 0 Å². The van der Waals surface area contributed by atoms with Crippen molar-refractivity contribution in [1.82, 2.24) is 9.21 Å². The van der Waals surface area contributed by atoms with Crippen LogP contribution in [0.25, 0.3) is 0 Å². The van der Waals surface area contributed by atoms with E-state index >= 15 is 0 Å². The number of amides is 1. The van der Waals surface area contributed by atoms with Crippen LogP contribution >= 0.6 is 0 Å². The van der Waals surface area contributed by atoms with Crippen molar-refractivity contribution < 1.29 is 13.2 Å². The van der Waals surface area contributed by atoms with Gasteiger partial charge < -0.3 is 4.90 Å². The molecule has 0 unspecified atom stereocenters. The van der Waals surface area contributed by atoms with Crippen LogP contribution in [0.4, 0.5) is 0 Å². The fourth-order valence-corrected chi connectivity index (χ4v) is 3.39. The zero-order valence-electron chi connectivity index (χ0n) is 13.3. The summed E-state index contributed by atoms with van der Waals surface area (Å²) in [7, 11) is -0.549. The monoisotopic (exact) mass is 304 g/mol. The second-order valence-corrected chi connectivity index (χ2v) is 8.59. The molecule has 118 valence electrons. The average molecular weight is 304 g/mol. The molecule has 1 fully saturated rings. The summed E-state index contributed by atoms with van der Waals surface area (Å²) in [6.45, 7) is 7.07. The second kappa shape index (κ2) is 6.89. The fraction of sp³-hybridized carbons (Fsp3) is 0.929. The van der Waals surface area contributed by atoms with E-state index in [1.165, 1.54) is 14.1 Å². The summed E-state index contributed by atoms with van der Waals surface area (Å²) in [5.74, 6) is 0.273. The second-order valence-electron chi connectivity index (χ2n) is 6.41. The van der Waals surface area contributed by atoms with Crippen LogP contribution < -0.4 is 0 Å². The number of sulfonamides is 1. The van der Waals surface area contributed by atoms with Gasteiger partial charge in [-0.3, -0.25) is 4.79 Å². The van der Waals surface area contributed by atoms with E-state index in [9.17, 15) is 13.2 Å². The maximum absolute atomic E-state index is 12.4. The van der Waals surface area contributed by atoms with Gasteiger partial charge in [-0.05, 0) is 31.1 Å². The average Bonchev–Trinajstić information content (AvgIpc) is 2.50. The Balaban J connectivity index is 2.86. The molecule has 1 aliphatic rings. The number of carbonyl (C=O) groups excluding carboxylic acids is 1. The Kier molecular flexibility index (Phi) is 6.01. The standard InChI is InChI=1S/C14H28N2O3S/c1-11(2)13-7-6-12(3)8-9-16(13)14(17)10-20(18,19)15(4)5/h11-13H,6-10H2,1-5H3/t12-,13-/m1/s1. The third-order valence-electron chi connectivity index (χ3n) is 4.17. The number of rotatable bonds is 4. The van der Waals surface area contributed by atoms with E-state index in [1.54, 1.807) is 4.90 Å². The number of nitrogens with zero attached hydrogens (tertiary/aromatic N) is 2. The van der Waals surface area contributed by atoms with E-state index in [2.05, 4.69) is 20.8 Å². The summed E-state index contributed by atoms with van der Waals surface area (Å²) in [6.07, 6.45) is 3.02. The van der Waals surface area contributed by atoms with Gasteiger partial charge in [0.25, 0.3) is 0 Å². The zero-order valence-corrected chi connectivity index (χ0v) is 14.1. The van der Waals surface area contributed by atoms with Crippen LogP contribution in [0, 0.1) is 11.8 Å². The van der Waals surface area contributed by atoms with Crippen LogP contribution in [0.1, 0.15) is 40.0 Å². The van der Waals surface area contributed by atoms with Crippen molar-refractivity contribution in [3.63, 3.8) is 0 Å². The molecule has 0 bridgehead atoms. The first-order valence-corrected chi connectivity index (χ1v) is 8.95. The quantitative estimate of drug-likeness (QED) is 0.792. The zero-order chi connectivity index (χ0) is 15.5. The predicted octanol–water partition coefficient (Wildman–Crippen LogP) is 1.55. The minimum atomic E-state index is -3.48. The van der Waals surface area contributed by atoms with Crippen LogP contribution in [0.15, 0.2) is 0 Å². The molecule has 0 spiro atoms. The van der Waals surface area contributed by atoms with Crippen molar-refractivity contribution in [1.29, 1.82) is 0 Å². The molecule has 0 aliphatic carbocycles. The molecule has 2 atom stereocenters. The lowest BCUT2D eigenvalue weighted by Crippen LogP contribution is -2.46. The van der Waals surface area contributed by atoms with Crippen LogP contribution in [-0.4, -0.2) is 56.0 Å². The van der Waals surface area contributed by atoms with E-state index in [0.717, 1.165) is 23.6 Å². The van der Waals surface area contributed by atoms with Crippen LogP contribution in [0.2, 0.25) is 0 Å². The highest BCUT2D eigenvalue weighted by atomic mass is 32.2. The molecule has 1 saturated heterocycles. The van der Waals surface area contributed by atoms with E-state index in [4.69, 9.17) is 0 Å². The Hall–Kier alpha value is -0.620. The van der Waals surface area contributed by atoms with Gasteiger partial charge in [0.05, 0.1) is 0 Å². The van der Waals surface area contributed by atoms with Gasteiger partial charge in [0, 0.05) is 26.7 Å². The molecule has 0 radical (unpaired) electrons. The smallest absolute Gasteiger partial charge is 0.239 e. The maximum atomic E-state index is 12.4. The minimum Gasteiger partial charge on any atom is -0.339 e. The topological polar surface area (TPSA) is 57.7 Å². The highest BCUT2D eigenvalue weighted by Gasteiger charge is 2.32. The van der Waals surface area contributed by atoms with Crippen molar-refractivity contribution in [3.05, 3.63) is 0 Å². The Bertz CT molecular complexity index is 432. The van der Waals surface area contributed by atoms with Gasteiger partial charge in [-0.1, -0.05) is 20.8 Å². The summed E-state index contributed by atoms with van der Waals surface area (Å²) in [5.41, 5.74) is 0. The van der Waals surface area contributed by atoms with Gasteiger partial charge in [0.2, 0.25) is 15.9 Å². The maximum Gasteiger partial charge on any atom is 0.239 e. The Labute approximate surface area is 123 Å². The lowest BCUT2D eigenvalue weighted by atomic mass is 9.95. The predicted molar refractivity (Wildman–Crippen MR) is 80.8 cm³/mol. The van der Waals surface area contributed by atoms with Gasteiger partial charge in [0.15, 0.2) is 0 Å². The van der Waals surface area contributed by atoms with Crippen molar-refractivity contribution in [3.8, 4) is 0 Å². The van der Waals surface area contributed by atoms with Crippen molar-refractivity contribution in [2.24, 2.45) is 11.8 Å². The number of likely N-dealkylation sites (tertiary alicyclic amines) is 1. The summed E-state index contributed by atoms with van der Waals surface area (Å²) >= 11 is 0. The molecule has 1 rings (SSSR count). The van der Waals surface area contributed by atoms with Crippen LogP contribution in [0.3, 0.4) is 0 Å². The van der Waals surface area contributed by atoms with Crippen molar-refractivity contribution >= 4 is 15.9 Å². The normalized spacial score (nSPS) is 25.1. The van der Waals surface area contributed by atoms with E-state index in [0.29, 0.717) is 18.4 Å². The first kappa shape index (κ1) is 17.4. The molecule has 0 aromatic carbocycles. The Morgan fingerprint density at radius 2 is 1.85 bits per heavy atom. The number of hydrogen-bond donors (Lipinski definition) is 0. The lowest BCUT2D eigenvalue weighted by Gasteiger charge is -2.33. The van der Waals surface area contributed by atoms with Gasteiger partial charge >= 0.3 is 0 Å². The molecule has 1 aliphatic heterocycles. The summed E-state index contributed by atoms with van der Waals surface area (Å²) in [4.78, 5) is 14.2. The summed E-state index contributed by atoms with van der Waals surface area (Å²) in [5, 5.41) is 0. The molecule has 1 heterocycles. The van der Waals surface area contributed by atoms with E-state index in [-0.39, 0.29) is 11.9 Å². The van der Waals surface area contributed by atoms with E-state index < -0.39 is 15.8 Å². The van der Waals surface area contributed by atoms with Gasteiger partial charge in [0.1, 0.15) is 5.75 Å². The molecule has 20 heavy (non-hydrogen) atoms. The fourth-order valence-electron chi connectivity index (χ4n) is 2.65. The minimum absolute atomic E-state index is 0.157. The molecule has 5 nitrogen and oxygen atoms in total. The molecule has 6 heteroatoms. The molecule has 0 N–H and O–H groups in total. The molecular weight excluding hydrogens is 276 g/mol. The van der Waals surface area contributed by atoms with Crippen LogP contribution in [-0.2, 0) is 14.8 Å². The molecule has 0 saturated carbocycles. The van der Waals surface area contributed by atoms with Crippen molar-refractivity contribution in [2.45, 2.75) is 46.1 Å². The number of hydrogen-bond acceptors (Lipinski definition) is 3. The van der Waals surface area contributed by atoms with Crippen LogP contribution in [0.5, 0.6) is 0 Å². The summed E-state index contributed by atoms with van der Waals surface area (Å²) < 4.78 is 24.9. The molecular formula is C14H28N2O3S. The molecule has 0 aromatic heterocycles. The highest BCUT2D eigenvalue weighted by molar-refractivity contribution is 7.89. The first-order chi connectivity index (χ1) is 9.15. The van der Waals surface area contributed by atoms with Gasteiger partial charge in [-0.2, -0.15) is 0 Å². The Morgan fingerprint density at radius 1 is 1.25 bits per heavy atom. The van der Waals surface area contributed by atoms with E-state index in [1.807, 2.05) is 0 Å². The van der Waals surface area contributed by atoms with Gasteiger partial charge in [-0.25, -0.2) is 12.7 Å². The first-order valence-electron chi connectivity index (χ1n) is 7.34. The highest BCUT2D eigenvalue weighted by Crippen LogP contribution is 2.26. The Morgan fingerprint density at radius 3 is 2.35 bits per heavy atom.